The number of amides is 1. The van der Waals surface area contributed by atoms with E-state index in [1.807, 2.05) is 23.1 Å². The summed E-state index contributed by atoms with van der Waals surface area (Å²) in [7, 11) is 0. The number of benzene rings is 1. The maximum absolute atomic E-state index is 12.9. The Morgan fingerprint density at radius 3 is 2.77 bits per heavy atom. The number of carbonyl (C=O) groups is 1. The first-order chi connectivity index (χ1) is 10.2. The SMILES string of the molecule is Cl.N#Cc1cccc(CN2CCCC3(CCNCC3)C2=O)c1. The van der Waals surface area contributed by atoms with Crippen LogP contribution in [0.3, 0.4) is 0 Å². The summed E-state index contributed by atoms with van der Waals surface area (Å²) in [6.07, 6.45) is 4.03. The van der Waals surface area contributed by atoms with E-state index in [0.29, 0.717) is 18.0 Å². The van der Waals surface area contributed by atoms with Gasteiger partial charge in [0.2, 0.25) is 5.91 Å². The molecular weight excluding hydrogens is 298 g/mol. The summed E-state index contributed by atoms with van der Waals surface area (Å²) in [5.41, 5.74) is 1.58. The summed E-state index contributed by atoms with van der Waals surface area (Å²) in [5, 5.41) is 12.3. The molecule has 2 aliphatic rings. The van der Waals surface area contributed by atoms with Gasteiger partial charge in [-0.25, -0.2) is 0 Å². The van der Waals surface area contributed by atoms with E-state index < -0.39 is 0 Å². The lowest BCUT2D eigenvalue weighted by Gasteiger charge is -2.44. The average Bonchev–Trinajstić information content (AvgIpc) is 2.53. The number of halogens is 1. The van der Waals surface area contributed by atoms with E-state index in [4.69, 9.17) is 5.26 Å². The zero-order valence-corrected chi connectivity index (χ0v) is 13.5. The molecule has 3 rings (SSSR count). The molecule has 2 heterocycles. The van der Waals surface area contributed by atoms with Gasteiger partial charge in [-0.2, -0.15) is 5.26 Å². The second-order valence-electron chi connectivity index (χ2n) is 6.17. The number of hydrogen-bond acceptors (Lipinski definition) is 3. The smallest absolute Gasteiger partial charge is 0.229 e. The Morgan fingerprint density at radius 1 is 1.27 bits per heavy atom. The van der Waals surface area contributed by atoms with Crippen LogP contribution in [0.4, 0.5) is 0 Å². The van der Waals surface area contributed by atoms with Gasteiger partial charge >= 0.3 is 0 Å². The largest absolute Gasteiger partial charge is 0.338 e. The van der Waals surface area contributed by atoms with Crippen molar-refractivity contribution < 1.29 is 4.79 Å². The van der Waals surface area contributed by atoms with Crippen LogP contribution in [-0.4, -0.2) is 30.4 Å². The molecule has 4 nitrogen and oxygen atoms in total. The topological polar surface area (TPSA) is 56.1 Å². The lowest BCUT2D eigenvalue weighted by atomic mass is 9.72. The molecule has 1 aromatic carbocycles. The van der Waals surface area contributed by atoms with Gasteiger partial charge in [0, 0.05) is 13.1 Å². The first kappa shape index (κ1) is 16.8. The van der Waals surface area contributed by atoms with E-state index in [-0.39, 0.29) is 17.8 Å². The molecule has 0 saturated carbocycles. The first-order valence-electron chi connectivity index (χ1n) is 7.73. The van der Waals surface area contributed by atoms with Crippen LogP contribution < -0.4 is 5.32 Å². The van der Waals surface area contributed by atoms with Gasteiger partial charge in [0.05, 0.1) is 17.0 Å². The molecule has 0 unspecified atom stereocenters. The van der Waals surface area contributed by atoms with Crippen LogP contribution in [0.15, 0.2) is 24.3 Å². The number of carbonyl (C=O) groups excluding carboxylic acids is 1. The minimum Gasteiger partial charge on any atom is -0.338 e. The van der Waals surface area contributed by atoms with Gasteiger partial charge in [-0.1, -0.05) is 12.1 Å². The van der Waals surface area contributed by atoms with Crippen molar-refractivity contribution in [2.45, 2.75) is 32.2 Å². The van der Waals surface area contributed by atoms with Crippen molar-refractivity contribution in [3.8, 4) is 6.07 Å². The Kier molecular flexibility index (Phi) is 5.44. The Bertz CT molecular complexity index is 570. The highest BCUT2D eigenvalue weighted by Gasteiger charge is 2.44. The third-order valence-corrected chi connectivity index (χ3v) is 4.81. The van der Waals surface area contributed by atoms with E-state index in [2.05, 4.69) is 11.4 Å². The van der Waals surface area contributed by atoms with Crippen molar-refractivity contribution in [3.05, 3.63) is 35.4 Å². The second kappa shape index (κ2) is 7.13. The molecular formula is C17H22ClN3O. The second-order valence-corrected chi connectivity index (χ2v) is 6.17. The van der Waals surface area contributed by atoms with Gasteiger partial charge < -0.3 is 10.2 Å². The van der Waals surface area contributed by atoms with E-state index in [0.717, 1.165) is 50.9 Å². The minimum atomic E-state index is -0.129. The molecule has 1 amide bonds. The maximum atomic E-state index is 12.9. The number of nitrogens with zero attached hydrogens (tertiary/aromatic N) is 2. The van der Waals surface area contributed by atoms with Crippen LogP contribution in [-0.2, 0) is 11.3 Å². The quantitative estimate of drug-likeness (QED) is 0.911. The van der Waals surface area contributed by atoms with Crippen molar-refractivity contribution in [2.75, 3.05) is 19.6 Å². The molecule has 2 aliphatic heterocycles. The summed E-state index contributed by atoms with van der Waals surface area (Å²) >= 11 is 0. The zero-order chi connectivity index (χ0) is 14.7. The molecule has 2 fully saturated rings. The van der Waals surface area contributed by atoms with Crippen molar-refractivity contribution in [3.63, 3.8) is 0 Å². The Hall–Kier alpha value is -1.57. The minimum absolute atomic E-state index is 0. The Balaban J connectivity index is 0.00000176. The lowest BCUT2D eigenvalue weighted by Crippen LogP contribution is -2.52. The van der Waals surface area contributed by atoms with Gasteiger partial charge in [0.25, 0.3) is 0 Å². The maximum Gasteiger partial charge on any atom is 0.229 e. The molecule has 0 atom stereocenters. The summed E-state index contributed by atoms with van der Waals surface area (Å²) in [5.74, 6) is 0.317. The fraction of sp³-hybridized carbons (Fsp3) is 0.529. The standard InChI is InChI=1S/C17H21N3O.ClH/c18-12-14-3-1-4-15(11-14)13-20-10-2-5-17(16(20)21)6-8-19-9-7-17;/h1,3-4,11,19H,2,5-10,13H2;1H. The fourth-order valence-corrected chi connectivity index (χ4v) is 3.63. The number of likely N-dealkylation sites (tertiary alicyclic amines) is 1. The summed E-state index contributed by atoms with van der Waals surface area (Å²) in [6, 6.07) is 9.74. The van der Waals surface area contributed by atoms with Crippen LogP contribution in [0.2, 0.25) is 0 Å². The Morgan fingerprint density at radius 2 is 2.05 bits per heavy atom. The molecule has 5 heteroatoms. The van der Waals surface area contributed by atoms with E-state index >= 15 is 0 Å². The third-order valence-electron chi connectivity index (χ3n) is 4.81. The van der Waals surface area contributed by atoms with E-state index in [1.165, 1.54) is 0 Å². The molecule has 1 aromatic rings. The molecule has 0 radical (unpaired) electrons. The Labute approximate surface area is 137 Å². The third kappa shape index (κ3) is 3.26. The monoisotopic (exact) mass is 319 g/mol. The molecule has 0 aromatic heterocycles. The lowest BCUT2D eigenvalue weighted by molar-refractivity contribution is -0.149. The molecule has 2 saturated heterocycles. The average molecular weight is 320 g/mol. The number of nitrogens with one attached hydrogen (secondary N) is 1. The number of rotatable bonds is 2. The molecule has 1 N–H and O–H groups in total. The normalized spacial score (nSPS) is 20.3. The predicted octanol–water partition coefficient (Wildman–Crippen LogP) is 2.47. The van der Waals surface area contributed by atoms with Gasteiger partial charge in [-0.3, -0.25) is 4.79 Å². The zero-order valence-electron chi connectivity index (χ0n) is 12.7. The van der Waals surface area contributed by atoms with Crippen molar-refractivity contribution in [1.29, 1.82) is 5.26 Å². The highest BCUT2D eigenvalue weighted by atomic mass is 35.5. The fourth-order valence-electron chi connectivity index (χ4n) is 3.63. The van der Waals surface area contributed by atoms with E-state index in [1.54, 1.807) is 6.07 Å². The van der Waals surface area contributed by atoms with Gasteiger partial charge in [-0.05, 0) is 56.5 Å². The number of nitriles is 1. The molecule has 0 aliphatic carbocycles. The van der Waals surface area contributed by atoms with Crippen LogP contribution in [0, 0.1) is 16.7 Å². The molecule has 118 valence electrons. The summed E-state index contributed by atoms with van der Waals surface area (Å²) in [6.45, 7) is 3.36. The van der Waals surface area contributed by atoms with Crippen molar-refractivity contribution in [1.82, 2.24) is 10.2 Å². The van der Waals surface area contributed by atoms with Gasteiger partial charge in [-0.15, -0.1) is 12.4 Å². The summed E-state index contributed by atoms with van der Waals surface area (Å²) < 4.78 is 0. The summed E-state index contributed by atoms with van der Waals surface area (Å²) in [4.78, 5) is 14.9. The van der Waals surface area contributed by atoms with Gasteiger partial charge in [0.1, 0.15) is 0 Å². The number of piperidine rings is 2. The first-order valence-corrected chi connectivity index (χ1v) is 7.73. The van der Waals surface area contributed by atoms with E-state index in [9.17, 15) is 4.79 Å². The molecule has 0 bridgehead atoms. The van der Waals surface area contributed by atoms with Crippen LogP contribution in [0.5, 0.6) is 0 Å². The van der Waals surface area contributed by atoms with Crippen LogP contribution >= 0.6 is 12.4 Å². The highest BCUT2D eigenvalue weighted by Crippen LogP contribution is 2.39. The predicted molar refractivity (Wildman–Crippen MR) is 87.6 cm³/mol. The highest BCUT2D eigenvalue weighted by molar-refractivity contribution is 5.85. The van der Waals surface area contributed by atoms with Crippen molar-refractivity contribution >= 4 is 18.3 Å². The molecule has 1 spiro atoms. The van der Waals surface area contributed by atoms with Crippen molar-refractivity contribution in [2.24, 2.45) is 5.41 Å². The molecule has 22 heavy (non-hydrogen) atoms. The van der Waals surface area contributed by atoms with Crippen LogP contribution in [0.1, 0.15) is 36.8 Å². The number of hydrogen-bond donors (Lipinski definition) is 1. The van der Waals surface area contributed by atoms with Gasteiger partial charge in [0.15, 0.2) is 0 Å². The van der Waals surface area contributed by atoms with Crippen LogP contribution in [0.25, 0.3) is 0 Å².